The molecule has 0 aromatic carbocycles. The summed E-state index contributed by atoms with van der Waals surface area (Å²) in [5.41, 5.74) is -1.23. The molecule has 0 saturated carbocycles. The van der Waals surface area contributed by atoms with Gasteiger partial charge in [-0.15, -0.1) is 0 Å². The van der Waals surface area contributed by atoms with Crippen molar-refractivity contribution in [2.45, 2.75) is 43.7 Å². The molecule has 17 heavy (non-hydrogen) atoms. The fourth-order valence-electron chi connectivity index (χ4n) is 1.74. The topological polar surface area (TPSA) is 69.6 Å². The van der Waals surface area contributed by atoms with Crippen molar-refractivity contribution in [3.05, 3.63) is 0 Å². The number of carbonyl (C=O) groups is 2. The number of amides is 2. The van der Waals surface area contributed by atoms with Crippen LogP contribution in [0.3, 0.4) is 0 Å². The van der Waals surface area contributed by atoms with Crippen molar-refractivity contribution in [2.24, 2.45) is 0 Å². The maximum Gasteiger partial charge on any atom is 0.328 e. The summed E-state index contributed by atoms with van der Waals surface area (Å²) in [5.74, 6) is -1.03. The van der Waals surface area contributed by atoms with E-state index in [4.69, 9.17) is 5.11 Å². The number of urea groups is 1. The third-order valence-corrected chi connectivity index (χ3v) is 3.89. The van der Waals surface area contributed by atoms with E-state index in [0.29, 0.717) is 23.6 Å². The zero-order chi connectivity index (χ0) is 13.2. The monoisotopic (exact) mass is 260 g/mol. The van der Waals surface area contributed by atoms with E-state index in [1.807, 2.05) is 11.8 Å². The summed E-state index contributed by atoms with van der Waals surface area (Å²) in [7, 11) is 0. The van der Waals surface area contributed by atoms with E-state index in [1.165, 1.54) is 13.8 Å². The fourth-order valence-corrected chi connectivity index (χ4v) is 3.07. The molecule has 1 aliphatic heterocycles. The zero-order valence-corrected chi connectivity index (χ0v) is 11.5. The van der Waals surface area contributed by atoms with Gasteiger partial charge in [0, 0.05) is 23.6 Å². The van der Waals surface area contributed by atoms with Crippen LogP contribution in [0.15, 0.2) is 0 Å². The number of nitrogens with one attached hydrogen (secondary N) is 1. The van der Waals surface area contributed by atoms with Gasteiger partial charge in [0.15, 0.2) is 0 Å². The molecule has 98 valence electrons. The van der Waals surface area contributed by atoms with E-state index in [1.54, 1.807) is 4.90 Å². The highest BCUT2D eigenvalue weighted by Crippen LogP contribution is 2.24. The smallest absolute Gasteiger partial charge is 0.328 e. The predicted octanol–water partition coefficient (Wildman–Crippen LogP) is 1.38. The molecule has 0 aliphatic carbocycles. The molecule has 1 aliphatic rings. The van der Waals surface area contributed by atoms with Crippen LogP contribution in [0.1, 0.15) is 27.7 Å². The van der Waals surface area contributed by atoms with Crippen LogP contribution >= 0.6 is 11.8 Å². The zero-order valence-electron chi connectivity index (χ0n) is 10.7. The number of thioether (sulfide) groups is 1. The normalized spacial score (nSPS) is 25.5. The maximum absolute atomic E-state index is 12.0. The van der Waals surface area contributed by atoms with Gasteiger partial charge in [-0.25, -0.2) is 9.59 Å². The van der Waals surface area contributed by atoms with Crippen molar-refractivity contribution in [3.8, 4) is 0 Å². The second kappa shape index (κ2) is 5.16. The second-order valence-corrected chi connectivity index (χ2v) is 6.90. The van der Waals surface area contributed by atoms with E-state index in [-0.39, 0.29) is 6.03 Å². The van der Waals surface area contributed by atoms with Crippen LogP contribution in [0, 0.1) is 0 Å². The van der Waals surface area contributed by atoms with E-state index in [9.17, 15) is 9.59 Å². The molecule has 0 radical (unpaired) electrons. The van der Waals surface area contributed by atoms with Gasteiger partial charge in [-0.3, -0.25) is 0 Å². The van der Waals surface area contributed by atoms with Gasteiger partial charge in [0.25, 0.3) is 0 Å². The van der Waals surface area contributed by atoms with Gasteiger partial charge in [0.1, 0.15) is 5.54 Å². The lowest BCUT2D eigenvalue weighted by molar-refractivity contribution is -0.143. The summed E-state index contributed by atoms with van der Waals surface area (Å²) in [6, 6.07) is -0.295. The van der Waals surface area contributed by atoms with Gasteiger partial charge < -0.3 is 15.3 Å². The van der Waals surface area contributed by atoms with Gasteiger partial charge in [0.2, 0.25) is 0 Å². The first-order valence-electron chi connectivity index (χ1n) is 5.68. The first kappa shape index (κ1) is 14.2. The van der Waals surface area contributed by atoms with Gasteiger partial charge in [-0.1, -0.05) is 13.8 Å². The molecule has 1 fully saturated rings. The summed E-state index contributed by atoms with van der Waals surface area (Å²) in [5, 5.41) is 12.3. The number of carboxylic acids is 1. The van der Waals surface area contributed by atoms with Gasteiger partial charge in [-0.05, 0) is 13.8 Å². The molecular formula is C11H20N2O3S. The summed E-state index contributed by atoms with van der Waals surface area (Å²) in [6.45, 7) is 8.44. The Labute approximate surface area is 106 Å². The highest BCUT2D eigenvalue weighted by atomic mass is 32.2. The van der Waals surface area contributed by atoms with E-state index >= 15 is 0 Å². The fraction of sp³-hybridized carbons (Fsp3) is 0.818. The standard InChI is InChI=1S/C11H20N2O3S/c1-7-5-13(6-8(2)17-7)10(16)12-11(3,4)9(14)15/h7-8H,5-6H2,1-4H3,(H,12,16)(H,14,15). The lowest BCUT2D eigenvalue weighted by Crippen LogP contribution is -2.57. The SMILES string of the molecule is CC1CN(C(=O)NC(C)(C)C(=O)O)CC(C)S1. The number of carboxylic acid groups (broad SMARTS) is 1. The molecule has 0 aromatic heterocycles. The summed E-state index contributed by atoms with van der Waals surface area (Å²) in [4.78, 5) is 24.6. The van der Waals surface area contributed by atoms with Crippen molar-refractivity contribution in [1.29, 1.82) is 0 Å². The van der Waals surface area contributed by atoms with E-state index < -0.39 is 11.5 Å². The van der Waals surface area contributed by atoms with Crippen molar-refractivity contribution in [1.82, 2.24) is 10.2 Å². The first-order valence-corrected chi connectivity index (χ1v) is 6.62. The van der Waals surface area contributed by atoms with Gasteiger partial charge >= 0.3 is 12.0 Å². The van der Waals surface area contributed by atoms with Crippen LogP contribution in [-0.2, 0) is 4.79 Å². The molecule has 2 atom stereocenters. The minimum atomic E-state index is -1.23. The first-order chi connectivity index (χ1) is 7.72. The van der Waals surface area contributed by atoms with Crippen LogP contribution in [0.25, 0.3) is 0 Å². The highest BCUT2D eigenvalue weighted by molar-refractivity contribution is 8.00. The van der Waals surface area contributed by atoms with Gasteiger partial charge in [0.05, 0.1) is 0 Å². The average molecular weight is 260 g/mol. The van der Waals surface area contributed by atoms with Crippen molar-refractivity contribution in [3.63, 3.8) is 0 Å². The highest BCUT2D eigenvalue weighted by Gasteiger charge is 2.33. The molecule has 2 amide bonds. The summed E-state index contributed by atoms with van der Waals surface area (Å²) >= 11 is 1.85. The Hall–Kier alpha value is -0.910. The molecule has 1 rings (SSSR count). The molecule has 6 heteroatoms. The molecule has 0 aromatic rings. The Bertz CT molecular complexity index is 310. The number of hydrogen-bond acceptors (Lipinski definition) is 3. The Morgan fingerprint density at radius 1 is 1.29 bits per heavy atom. The lowest BCUT2D eigenvalue weighted by atomic mass is 10.1. The number of nitrogens with zero attached hydrogens (tertiary/aromatic N) is 1. The molecule has 2 unspecified atom stereocenters. The average Bonchev–Trinajstić information content (AvgIpc) is 2.15. The molecule has 0 spiro atoms. The number of carbonyl (C=O) groups excluding carboxylic acids is 1. The van der Waals surface area contributed by atoms with Crippen LogP contribution < -0.4 is 5.32 Å². The second-order valence-electron chi connectivity index (χ2n) is 5.02. The van der Waals surface area contributed by atoms with Crippen LogP contribution in [0.2, 0.25) is 0 Å². The molecule has 1 saturated heterocycles. The quantitative estimate of drug-likeness (QED) is 0.787. The third kappa shape index (κ3) is 3.80. The molecule has 0 bridgehead atoms. The van der Waals surface area contributed by atoms with Crippen LogP contribution in [0.5, 0.6) is 0 Å². The minimum absolute atomic E-state index is 0.295. The summed E-state index contributed by atoms with van der Waals surface area (Å²) < 4.78 is 0. The Morgan fingerprint density at radius 3 is 2.18 bits per heavy atom. The molecule has 1 heterocycles. The Morgan fingerprint density at radius 2 is 1.76 bits per heavy atom. The summed E-state index contributed by atoms with van der Waals surface area (Å²) in [6.07, 6.45) is 0. The Kier molecular flexibility index (Phi) is 4.30. The number of aliphatic carboxylic acids is 1. The van der Waals surface area contributed by atoms with Crippen LogP contribution in [0.4, 0.5) is 4.79 Å². The predicted molar refractivity (Wildman–Crippen MR) is 68.3 cm³/mol. The Balaban J connectivity index is 2.61. The number of rotatable bonds is 2. The largest absolute Gasteiger partial charge is 0.480 e. The van der Waals surface area contributed by atoms with E-state index in [0.717, 1.165) is 0 Å². The van der Waals surface area contributed by atoms with Crippen molar-refractivity contribution >= 4 is 23.8 Å². The maximum atomic E-state index is 12.0. The molecular weight excluding hydrogens is 240 g/mol. The minimum Gasteiger partial charge on any atom is -0.480 e. The lowest BCUT2D eigenvalue weighted by Gasteiger charge is -2.36. The van der Waals surface area contributed by atoms with E-state index in [2.05, 4.69) is 19.2 Å². The van der Waals surface area contributed by atoms with Crippen molar-refractivity contribution < 1.29 is 14.7 Å². The number of hydrogen-bond donors (Lipinski definition) is 2. The van der Waals surface area contributed by atoms with Gasteiger partial charge in [-0.2, -0.15) is 11.8 Å². The third-order valence-electron chi connectivity index (χ3n) is 2.66. The molecule has 5 nitrogen and oxygen atoms in total. The van der Waals surface area contributed by atoms with Crippen molar-refractivity contribution in [2.75, 3.05) is 13.1 Å². The molecule has 2 N–H and O–H groups in total. The van der Waals surface area contributed by atoms with Crippen LogP contribution in [-0.4, -0.2) is 51.1 Å².